The number of carbonyl (C=O) groups is 1. The molecular formula is C15H26N4O. The third kappa shape index (κ3) is 4.40. The van der Waals surface area contributed by atoms with Crippen LogP contribution in [-0.4, -0.2) is 18.4 Å². The maximum Gasteiger partial charge on any atom is 0.229 e. The summed E-state index contributed by atoms with van der Waals surface area (Å²) in [7, 11) is 0. The van der Waals surface area contributed by atoms with Crippen LogP contribution >= 0.6 is 0 Å². The number of hydrogen-bond acceptors (Lipinski definition) is 4. The van der Waals surface area contributed by atoms with E-state index in [1.54, 1.807) is 0 Å². The molecule has 0 saturated carbocycles. The van der Waals surface area contributed by atoms with Crippen molar-refractivity contribution in [2.75, 3.05) is 6.54 Å². The zero-order valence-electron chi connectivity index (χ0n) is 13.1. The molecule has 3 N–H and O–H groups in total. The predicted octanol–water partition coefficient (Wildman–Crippen LogP) is 2.10. The minimum Gasteiger partial charge on any atom is -0.382 e. The van der Waals surface area contributed by atoms with Gasteiger partial charge in [0.1, 0.15) is 0 Å². The lowest BCUT2D eigenvalue weighted by atomic mass is 10.1. The molecule has 5 nitrogen and oxygen atoms in total. The van der Waals surface area contributed by atoms with Gasteiger partial charge in [-0.05, 0) is 12.8 Å². The van der Waals surface area contributed by atoms with Crippen LogP contribution in [0.4, 0.5) is 0 Å². The second-order valence-corrected chi connectivity index (χ2v) is 5.56. The van der Waals surface area contributed by atoms with Gasteiger partial charge < -0.3 is 10.6 Å². The van der Waals surface area contributed by atoms with Gasteiger partial charge in [0.25, 0.3) is 0 Å². The summed E-state index contributed by atoms with van der Waals surface area (Å²) in [5.41, 5.74) is 2.48. The molecule has 0 radical (unpaired) electrons. The molecule has 1 aliphatic heterocycles. The van der Waals surface area contributed by atoms with Crippen molar-refractivity contribution < 1.29 is 4.79 Å². The molecule has 5 heteroatoms. The molecule has 112 valence electrons. The van der Waals surface area contributed by atoms with Crippen LogP contribution in [-0.2, 0) is 4.79 Å². The van der Waals surface area contributed by atoms with E-state index in [9.17, 15) is 4.79 Å². The molecule has 1 atom stereocenters. The SMILES string of the molecule is C=C1NC(NC(=O)C(C)C)=NC(C)=C1NCC(C)CC. The molecule has 0 spiro atoms. The number of nitrogens with one attached hydrogen (secondary N) is 3. The lowest BCUT2D eigenvalue weighted by Gasteiger charge is -2.24. The fourth-order valence-corrected chi connectivity index (χ4v) is 1.65. The van der Waals surface area contributed by atoms with Crippen molar-refractivity contribution in [2.45, 2.75) is 41.0 Å². The number of amides is 1. The normalized spacial score (nSPS) is 16.7. The molecule has 1 aliphatic rings. The highest BCUT2D eigenvalue weighted by atomic mass is 16.2. The van der Waals surface area contributed by atoms with E-state index in [1.807, 2.05) is 20.8 Å². The standard InChI is InChI=1S/C15H26N4O/c1-7-10(4)8-16-13-11(5)17-15(18-12(13)6)19-14(20)9(2)3/h9-10,16H,5,7-8H2,1-4,6H3,(H2,17,18,19,20). The summed E-state index contributed by atoms with van der Waals surface area (Å²) in [6.45, 7) is 14.8. The number of nitrogens with zero attached hydrogens (tertiary/aromatic N) is 1. The van der Waals surface area contributed by atoms with Crippen molar-refractivity contribution >= 4 is 11.9 Å². The quantitative estimate of drug-likeness (QED) is 0.721. The smallest absolute Gasteiger partial charge is 0.229 e. The Morgan fingerprint density at radius 3 is 2.55 bits per heavy atom. The Hall–Kier alpha value is -1.78. The Balaban J connectivity index is 2.75. The fourth-order valence-electron chi connectivity index (χ4n) is 1.65. The Kier molecular flexibility index (Phi) is 5.80. The third-order valence-electron chi connectivity index (χ3n) is 3.30. The first-order valence-electron chi connectivity index (χ1n) is 7.15. The first kappa shape index (κ1) is 16.3. The van der Waals surface area contributed by atoms with Gasteiger partial charge in [0, 0.05) is 12.5 Å². The van der Waals surface area contributed by atoms with Gasteiger partial charge in [-0.25, -0.2) is 4.99 Å². The van der Waals surface area contributed by atoms with Crippen LogP contribution in [0.1, 0.15) is 41.0 Å². The van der Waals surface area contributed by atoms with Crippen molar-refractivity contribution in [3.63, 3.8) is 0 Å². The zero-order chi connectivity index (χ0) is 15.3. The molecule has 0 aromatic carbocycles. The van der Waals surface area contributed by atoms with E-state index in [2.05, 4.69) is 41.4 Å². The van der Waals surface area contributed by atoms with Crippen LogP contribution in [0.25, 0.3) is 0 Å². The lowest BCUT2D eigenvalue weighted by molar-refractivity contribution is -0.122. The summed E-state index contributed by atoms with van der Waals surface area (Å²) in [4.78, 5) is 16.0. The van der Waals surface area contributed by atoms with Crippen LogP contribution in [0, 0.1) is 11.8 Å². The number of guanidine groups is 1. The van der Waals surface area contributed by atoms with Crippen LogP contribution in [0.2, 0.25) is 0 Å². The van der Waals surface area contributed by atoms with Gasteiger partial charge in [0.05, 0.1) is 17.1 Å². The molecule has 1 amide bonds. The zero-order valence-corrected chi connectivity index (χ0v) is 13.1. The van der Waals surface area contributed by atoms with E-state index in [0.29, 0.717) is 11.9 Å². The summed E-state index contributed by atoms with van der Waals surface area (Å²) in [5, 5.41) is 9.15. The number of hydrogen-bond donors (Lipinski definition) is 3. The predicted molar refractivity (Wildman–Crippen MR) is 82.8 cm³/mol. The van der Waals surface area contributed by atoms with Crippen LogP contribution in [0.3, 0.4) is 0 Å². The maximum absolute atomic E-state index is 11.7. The van der Waals surface area contributed by atoms with Crippen molar-refractivity contribution in [1.82, 2.24) is 16.0 Å². The average Bonchev–Trinajstić information content (AvgIpc) is 2.37. The Bertz CT molecular complexity index is 449. The van der Waals surface area contributed by atoms with Gasteiger partial charge in [-0.2, -0.15) is 0 Å². The van der Waals surface area contributed by atoms with Crippen molar-refractivity contribution in [1.29, 1.82) is 0 Å². The molecule has 0 bridgehead atoms. The van der Waals surface area contributed by atoms with E-state index in [-0.39, 0.29) is 11.8 Å². The first-order chi connectivity index (χ1) is 9.35. The molecule has 0 aromatic heterocycles. The van der Waals surface area contributed by atoms with E-state index in [4.69, 9.17) is 0 Å². The van der Waals surface area contributed by atoms with Gasteiger partial charge in [-0.3, -0.25) is 10.1 Å². The second kappa shape index (κ2) is 7.12. The molecule has 0 aliphatic carbocycles. The van der Waals surface area contributed by atoms with Crippen LogP contribution in [0.15, 0.2) is 28.7 Å². The molecule has 1 unspecified atom stereocenters. The Morgan fingerprint density at radius 2 is 2.05 bits per heavy atom. The number of aliphatic imine (C=N–C) groups is 1. The highest BCUT2D eigenvalue weighted by Gasteiger charge is 2.18. The Morgan fingerprint density at radius 1 is 1.40 bits per heavy atom. The maximum atomic E-state index is 11.7. The number of carbonyl (C=O) groups excluding carboxylic acids is 1. The Labute approximate surface area is 121 Å². The summed E-state index contributed by atoms with van der Waals surface area (Å²) in [6, 6.07) is 0. The molecule has 0 fully saturated rings. The molecule has 0 aromatic rings. The minimum absolute atomic E-state index is 0.0622. The molecule has 1 heterocycles. The molecular weight excluding hydrogens is 252 g/mol. The fraction of sp³-hybridized carbons (Fsp3) is 0.600. The molecule has 0 saturated heterocycles. The topological polar surface area (TPSA) is 65.5 Å². The first-order valence-corrected chi connectivity index (χ1v) is 7.15. The highest BCUT2D eigenvalue weighted by molar-refractivity contribution is 5.99. The van der Waals surface area contributed by atoms with Crippen LogP contribution in [0.5, 0.6) is 0 Å². The van der Waals surface area contributed by atoms with Crippen LogP contribution < -0.4 is 16.0 Å². The van der Waals surface area contributed by atoms with Gasteiger partial charge in [-0.1, -0.05) is 40.7 Å². The van der Waals surface area contributed by atoms with E-state index in [0.717, 1.165) is 30.1 Å². The largest absolute Gasteiger partial charge is 0.382 e. The van der Waals surface area contributed by atoms with E-state index in [1.165, 1.54) is 0 Å². The summed E-state index contributed by atoms with van der Waals surface area (Å²) in [5.74, 6) is 0.893. The highest BCUT2D eigenvalue weighted by Crippen LogP contribution is 2.14. The molecule has 20 heavy (non-hydrogen) atoms. The van der Waals surface area contributed by atoms with Crippen molar-refractivity contribution in [3.8, 4) is 0 Å². The second-order valence-electron chi connectivity index (χ2n) is 5.56. The van der Waals surface area contributed by atoms with Crippen molar-refractivity contribution in [3.05, 3.63) is 23.7 Å². The third-order valence-corrected chi connectivity index (χ3v) is 3.30. The number of allylic oxidation sites excluding steroid dienone is 1. The van der Waals surface area contributed by atoms with Gasteiger partial charge in [0.15, 0.2) is 0 Å². The average molecular weight is 278 g/mol. The molecule has 1 rings (SSSR count). The summed E-state index contributed by atoms with van der Waals surface area (Å²) < 4.78 is 0. The minimum atomic E-state index is -0.0815. The lowest BCUT2D eigenvalue weighted by Crippen LogP contribution is -2.45. The van der Waals surface area contributed by atoms with Gasteiger partial charge in [-0.15, -0.1) is 0 Å². The van der Waals surface area contributed by atoms with Gasteiger partial charge >= 0.3 is 0 Å². The van der Waals surface area contributed by atoms with E-state index >= 15 is 0 Å². The number of rotatable bonds is 5. The van der Waals surface area contributed by atoms with Crippen molar-refractivity contribution in [2.24, 2.45) is 16.8 Å². The van der Waals surface area contributed by atoms with Gasteiger partial charge in [0.2, 0.25) is 11.9 Å². The summed E-state index contributed by atoms with van der Waals surface area (Å²) >= 11 is 0. The van der Waals surface area contributed by atoms with E-state index < -0.39 is 0 Å². The summed E-state index contributed by atoms with van der Waals surface area (Å²) in [6.07, 6.45) is 1.12. The monoisotopic (exact) mass is 278 g/mol.